The summed E-state index contributed by atoms with van der Waals surface area (Å²) in [6, 6.07) is 22.3. The van der Waals surface area contributed by atoms with Crippen molar-refractivity contribution in [2.75, 3.05) is 5.32 Å². The minimum absolute atomic E-state index is 0.125. The molecule has 3 heterocycles. The van der Waals surface area contributed by atoms with E-state index in [4.69, 9.17) is 4.42 Å². The zero-order valence-electron chi connectivity index (χ0n) is 19.3. The van der Waals surface area contributed by atoms with Crippen molar-refractivity contribution in [2.45, 2.75) is 30.9 Å². The third kappa shape index (κ3) is 3.76. The van der Waals surface area contributed by atoms with Crippen molar-refractivity contribution in [3.63, 3.8) is 0 Å². The lowest BCUT2D eigenvalue weighted by atomic mass is 10.1. The van der Waals surface area contributed by atoms with E-state index in [1.54, 1.807) is 0 Å². The van der Waals surface area contributed by atoms with Crippen molar-refractivity contribution < 1.29 is 9.21 Å². The molecule has 0 aliphatic heterocycles. The molecule has 0 saturated carbocycles. The van der Waals surface area contributed by atoms with Crippen LogP contribution in [0.5, 0.6) is 0 Å². The second-order valence-electron chi connectivity index (χ2n) is 8.36. The molecule has 2 N–H and O–H groups in total. The lowest BCUT2D eigenvalue weighted by Crippen LogP contribution is -2.22. The summed E-state index contributed by atoms with van der Waals surface area (Å²) in [6.07, 6.45) is 1.86. The van der Waals surface area contributed by atoms with Gasteiger partial charge in [0.1, 0.15) is 0 Å². The van der Waals surface area contributed by atoms with E-state index >= 15 is 0 Å². The summed E-state index contributed by atoms with van der Waals surface area (Å²) in [5.74, 6) is 0.302. The van der Waals surface area contributed by atoms with Crippen LogP contribution < -0.4 is 5.32 Å². The van der Waals surface area contributed by atoms with Gasteiger partial charge in [-0.3, -0.25) is 4.79 Å². The van der Waals surface area contributed by atoms with Gasteiger partial charge in [-0.1, -0.05) is 48.2 Å². The van der Waals surface area contributed by atoms with Crippen molar-refractivity contribution in [1.82, 2.24) is 19.7 Å². The number of hydrogen-bond donors (Lipinski definition) is 2. The first-order valence-corrected chi connectivity index (χ1v) is 12.4. The van der Waals surface area contributed by atoms with E-state index in [9.17, 15) is 4.79 Å². The molecular weight excluding hydrogens is 458 g/mol. The number of H-pyrrole nitrogens is 1. The SMILES string of the molecule is CCn1c2ccccc2c2cc(NC(=O)C(C)Sc3nnc(-c4c[nH]c5ccccc45)o3)ccc21. The molecular formula is C27H23N5O2S. The van der Waals surface area contributed by atoms with Crippen molar-refractivity contribution in [2.24, 2.45) is 0 Å². The number of para-hydroxylation sites is 2. The number of carbonyl (C=O) groups excluding carboxylic acids is 1. The largest absolute Gasteiger partial charge is 0.411 e. The Hall–Kier alpha value is -4.04. The first kappa shape index (κ1) is 21.5. The number of thioether (sulfide) groups is 1. The second kappa shape index (κ2) is 8.63. The summed E-state index contributed by atoms with van der Waals surface area (Å²) in [7, 11) is 0. The van der Waals surface area contributed by atoms with E-state index in [1.165, 1.54) is 22.7 Å². The van der Waals surface area contributed by atoms with Crippen LogP contribution in [0.1, 0.15) is 13.8 Å². The Balaban J connectivity index is 1.20. The number of benzene rings is 3. The fourth-order valence-corrected chi connectivity index (χ4v) is 5.22. The molecule has 0 saturated heterocycles. The van der Waals surface area contributed by atoms with Gasteiger partial charge < -0.3 is 19.3 Å². The lowest BCUT2D eigenvalue weighted by molar-refractivity contribution is -0.115. The predicted molar refractivity (Wildman–Crippen MR) is 141 cm³/mol. The Morgan fingerprint density at radius 1 is 1.03 bits per heavy atom. The van der Waals surface area contributed by atoms with Crippen LogP contribution in [0, 0.1) is 0 Å². The highest BCUT2D eigenvalue weighted by molar-refractivity contribution is 8.00. The number of aromatic nitrogens is 4. The molecule has 0 aliphatic rings. The van der Waals surface area contributed by atoms with Crippen LogP contribution in [-0.4, -0.2) is 30.9 Å². The molecule has 1 unspecified atom stereocenters. The molecule has 8 heteroatoms. The molecule has 0 fully saturated rings. The number of rotatable bonds is 6. The zero-order chi connectivity index (χ0) is 23.9. The van der Waals surface area contributed by atoms with E-state index in [-0.39, 0.29) is 5.91 Å². The number of hydrogen-bond acceptors (Lipinski definition) is 5. The van der Waals surface area contributed by atoms with Crippen molar-refractivity contribution in [1.29, 1.82) is 0 Å². The number of nitrogens with one attached hydrogen (secondary N) is 2. The lowest BCUT2D eigenvalue weighted by Gasteiger charge is -2.10. The van der Waals surface area contributed by atoms with Crippen molar-refractivity contribution in [3.8, 4) is 11.5 Å². The fraction of sp³-hybridized carbons (Fsp3) is 0.148. The maximum Gasteiger partial charge on any atom is 0.277 e. The third-order valence-corrected chi connectivity index (χ3v) is 7.16. The monoisotopic (exact) mass is 481 g/mol. The van der Waals surface area contributed by atoms with Crippen molar-refractivity contribution >= 4 is 56.1 Å². The number of amides is 1. The molecule has 0 radical (unpaired) electrons. The third-order valence-electron chi connectivity index (χ3n) is 6.23. The molecule has 0 bridgehead atoms. The minimum Gasteiger partial charge on any atom is -0.411 e. The van der Waals surface area contributed by atoms with Crippen LogP contribution in [0.2, 0.25) is 0 Å². The molecule has 3 aromatic heterocycles. The minimum atomic E-state index is -0.418. The number of anilines is 1. The van der Waals surface area contributed by atoms with Gasteiger partial charge in [0.05, 0.1) is 10.8 Å². The molecule has 0 spiro atoms. The molecule has 35 heavy (non-hydrogen) atoms. The van der Waals surface area contributed by atoms with Crippen LogP contribution in [-0.2, 0) is 11.3 Å². The average Bonchev–Trinajstić information content (AvgIpc) is 3.59. The van der Waals surface area contributed by atoms with Gasteiger partial charge >= 0.3 is 0 Å². The van der Waals surface area contributed by atoms with Crippen molar-refractivity contribution in [3.05, 3.63) is 72.9 Å². The van der Waals surface area contributed by atoms with Gasteiger partial charge in [0.15, 0.2) is 0 Å². The van der Waals surface area contributed by atoms with Crippen LogP contribution in [0.3, 0.4) is 0 Å². The van der Waals surface area contributed by atoms with Gasteiger partial charge in [-0.25, -0.2) is 0 Å². The van der Waals surface area contributed by atoms with Gasteiger partial charge in [-0.05, 0) is 44.2 Å². The summed E-state index contributed by atoms with van der Waals surface area (Å²) in [4.78, 5) is 16.2. The fourth-order valence-electron chi connectivity index (χ4n) is 4.54. The van der Waals surface area contributed by atoms with Crippen LogP contribution in [0.4, 0.5) is 5.69 Å². The Morgan fingerprint density at radius 2 is 1.80 bits per heavy atom. The van der Waals surface area contributed by atoms with E-state index in [0.29, 0.717) is 11.1 Å². The van der Waals surface area contributed by atoms with Gasteiger partial charge in [0, 0.05) is 51.1 Å². The number of fused-ring (bicyclic) bond motifs is 4. The predicted octanol–water partition coefficient (Wildman–Crippen LogP) is 6.47. The molecule has 0 aliphatic carbocycles. The van der Waals surface area contributed by atoms with E-state index in [2.05, 4.69) is 56.3 Å². The number of nitrogens with zero attached hydrogens (tertiary/aromatic N) is 3. The second-order valence-corrected chi connectivity index (χ2v) is 9.66. The van der Waals surface area contributed by atoms with E-state index in [0.717, 1.165) is 39.6 Å². The average molecular weight is 482 g/mol. The Bertz CT molecular complexity index is 1700. The van der Waals surface area contributed by atoms with Crippen LogP contribution >= 0.6 is 11.8 Å². The summed E-state index contributed by atoms with van der Waals surface area (Å²) >= 11 is 1.24. The van der Waals surface area contributed by atoms with Gasteiger partial charge in [-0.15, -0.1) is 10.2 Å². The highest BCUT2D eigenvalue weighted by Gasteiger charge is 2.20. The van der Waals surface area contributed by atoms with Crippen LogP contribution in [0.15, 0.2) is 82.6 Å². The van der Waals surface area contributed by atoms with Gasteiger partial charge in [-0.2, -0.15) is 0 Å². The molecule has 1 atom stereocenters. The Morgan fingerprint density at radius 3 is 2.66 bits per heavy atom. The molecule has 174 valence electrons. The summed E-state index contributed by atoms with van der Waals surface area (Å²) in [5.41, 5.74) is 4.96. The Labute approximate surface area is 205 Å². The molecule has 1 amide bonds. The first-order valence-electron chi connectivity index (χ1n) is 11.5. The quantitative estimate of drug-likeness (QED) is 0.266. The highest BCUT2D eigenvalue weighted by atomic mass is 32.2. The standard InChI is InChI=1S/C27H23N5O2S/c1-3-32-23-11-7-5-9-19(23)20-14-17(12-13-24(20)32)29-25(33)16(2)35-27-31-30-26(34-27)21-15-28-22-10-6-4-8-18(21)22/h4-16,28H,3H2,1-2H3,(H,29,33). The topological polar surface area (TPSA) is 88.7 Å². The van der Waals surface area contributed by atoms with Gasteiger partial charge in [0.2, 0.25) is 5.91 Å². The zero-order valence-corrected chi connectivity index (χ0v) is 20.1. The summed E-state index contributed by atoms with van der Waals surface area (Å²) in [6.45, 7) is 4.85. The number of aryl methyl sites for hydroxylation is 1. The Kier molecular flexibility index (Phi) is 5.30. The molecule has 7 nitrogen and oxygen atoms in total. The highest BCUT2D eigenvalue weighted by Crippen LogP contribution is 2.33. The molecule has 6 rings (SSSR count). The maximum atomic E-state index is 13.0. The normalized spacial score (nSPS) is 12.5. The smallest absolute Gasteiger partial charge is 0.277 e. The number of carbonyl (C=O) groups is 1. The van der Waals surface area contributed by atoms with E-state index < -0.39 is 5.25 Å². The first-order chi connectivity index (χ1) is 17.1. The van der Waals surface area contributed by atoms with Crippen LogP contribution in [0.25, 0.3) is 44.2 Å². The molecule has 3 aromatic carbocycles. The maximum absolute atomic E-state index is 13.0. The summed E-state index contributed by atoms with van der Waals surface area (Å²) < 4.78 is 8.15. The van der Waals surface area contributed by atoms with E-state index in [1.807, 2.05) is 55.6 Å². The molecule has 6 aromatic rings. The number of aromatic amines is 1. The van der Waals surface area contributed by atoms with Gasteiger partial charge in [0.25, 0.3) is 11.1 Å². The summed E-state index contributed by atoms with van der Waals surface area (Å²) in [5, 5.41) is 14.6.